The number of aryl methyl sites for hydroxylation is 2. The van der Waals surface area contributed by atoms with Gasteiger partial charge < -0.3 is 10.1 Å². The van der Waals surface area contributed by atoms with Crippen molar-refractivity contribution in [2.75, 3.05) is 13.2 Å². The van der Waals surface area contributed by atoms with Crippen LogP contribution in [0.2, 0.25) is 0 Å². The molecule has 1 aliphatic rings. The van der Waals surface area contributed by atoms with E-state index in [0.717, 1.165) is 24.2 Å². The van der Waals surface area contributed by atoms with Crippen molar-refractivity contribution in [2.24, 2.45) is 0 Å². The molecular formula is C14H19N3O. The van der Waals surface area contributed by atoms with Crippen molar-refractivity contribution in [3.63, 3.8) is 0 Å². The summed E-state index contributed by atoms with van der Waals surface area (Å²) in [7, 11) is 0. The first kappa shape index (κ1) is 12.8. The van der Waals surface area contributed by atoms with Gasteiger partial charge in [-0.1, -0.05) is 6.42 Å². The predicted octanol–water partition coefficient (Wildman–Crippen LogP) is 2.09. The van der Waals surface area contributed by atoms with Crippen LogP contribution in [0.15, 0.2) is 6.07 Å². The Bertz CT molecular complexity index is 459. The Kier molecular flexibility index (Phi) is 4.16. The molecule has 0 amide bonds. The maximum atomic E-state index is 9.14. The van der Waals surface area contributed by atoms with Crippen LogP contribution in [-0.4, -0.2) is 24.2 Å². The molecule has 1 saturated heterocycles. The molecule has 18 heavy (non-hydrogen) atoms. The van der Waals surface area contributed by atoms with Gasteiger partial charge in [0.25, 0.3) is 0 Å². The lowest BCUT2D eigenvalue weighted by Gasteiger charge is -2.23. The van der Waals surface area contributed by atoms with Crippen LogP contribution in [0.5, 0.6) is 5.88 Å². The van der Waals surface area contributed by atoms with Gasteiger partial charge in [0.1, 0.15) is 18.2 Å². The molecule has 0 bridgehead atoms. The molecule has 1 N–H and O–H groups in total. The maximum absolute atomic E-state index is 9.14. The van der Waals surface area contributed by atoms with Crippen molar-refractivity contribution in [1.82, 2.24) is 10.3 Å². The summed E-state index contributed by atoms with van der Waals surface area (Å²) in [6, 6.07) is 4.46. The lowest BCUT2D eigenvalue weighted by Crippen LogP contribution is -2.38. The van der Waals surface area contributed by atoms with E-state index in [1.54, 1.807) is 0 Å². The molecule has 1 aromatic heterocycles. The normalized spacial score (nSPS) is 19.3. The summed E-state index contributed by atoms with van der Waals surface area (Å²) in [6.07, 6.45) is 3.61. The second kappa shape index (κ2) is 5.83. The minimum absolute atomic E-state index is 0.382. The van der Waals surface area contributed by atoms with Crippen molar-refractivity contribution in [2.45, 2.75) is 39.2 Å². The van der Waals surface area contributed by atoms with Crippen LogP contribution in [0, 0.1) is 25.2 Å². The van der Waals surface area contributed by atoms with E-state index in [-0.39, 0.29) is 0 Å². The molecule has 4 heteroatoms. The van der Waals surface area contributed by atoms with Gasteiger partial charge in [-0.2, -0.15) is 5.26 Å². The SMILES string of the molecule is Cc1cc(C)c(C#N)c(OCC2CCCCN2)n1. The van der Waals surface area contributed by atoms with Gasteiger partial charge >= 0.3 is 0 Å². The standard InChI is InChI=1S/C14H19N3O/c1-10-7-11(2)17-14(13(10)8-15)18-9-12-5-3-4-6-16-12/h7,12,16H,3-6,9H2,1-2H3. The molecule has 2 rings (SSSR count). The zero-order valence-corrected chi connectivity index (χ0v) is 11.0. The number of ether oxygens (including phenoxy) is 1. The molecule has 1 aromatic rings. The van der Waals surface area contributed by atoms with E-state index in [1.807, 2.05) is 19.9 Å². The highest BCUT2D eigenvalue weighted by molar-refractivity contribution is 5.45. The summed E-state index contributed by atoms with van der Waals surface area (Å²) in [6.45, 7) is 5.48. The van der Waals surface area contributed by atoms with Crippen LogP contribution >= 0.6 is 0 Å². The summed E-state index contributed by atoms with van der Waals surface area (Å²) in [5.74, 6) is 0.474. The Hall–Kier alpha value is -1.60. The fourth-order valence-corrected chi connectivity index (χ4v) is 2.29. The topological polar surface area (TPSA) is 57.9 Å². The number of hydrogen-bond donors (Lipinski definition) is 1. The molecule has 1 fully saturated rings. The molecule has 1 atom stereocenters. The van der Waals surface area contributed by atoms with Crippen LogP contribution in [-0.2, 0) is 0 Å². The smallest absolute Gasteiger partial charge is 0.232 e. The van der Waals surface area contributed by atoms with Gasteiger partial charge in [-0.25, -0.2) is 4.98 Å². The minimum Gasteiger partial charge on any atom is -0.475 e. The Morgan fingerprint density at radius 1 is 1.50 bits per heavy atom. The van der Waals surface area contributed by atoms with Gasteiger partial charge in [-0.15, -0.1) is 0 Å². The number of nitrogens with zero attached hydrogens (tertiary/aromatic N) is 2. The number of piperidine rings is 1. The van der Waals surface area contributed by atoms with E-state index in [0.29, 0.717) is 24.1 Å². The van der Waals surface area contributed by atoms with Gasteiger partial charge in [-0.3, -0.25) is 0 Å². The summed E-state index contributed by atoms with van der Waals surface area (Å²) < 4.78 is 5.73. The fourth-order valence-electron chi connectivity index (χ4n) is 2.29. The van der Waals surface area contributed by atoms with E-state index in [4.69, 9.17) is 10.00 Å². The second-order valence-electron chi connectivity index (χ2n) is 4.83. The number of nitrogens with one attached hydrogen (secondary N) is 1. The van der Waals surface area contributed by atoms with Crippen molar-refractivity contribution in [1.29, 1.82) is 5.26 Å². The fraction of sp³-hybridized carbons (Fsp3) is 0.571. The second-order valence-corrected chi connectivity index (χ2v) is 4.83. The quantitative estimate of drug-likeness (QED) is 0.886. The third-order valence-corrected chi connectivity index (χ3v) is 3.26. The van der Waals surface area contributed by atoms with Crippen molar-refractivity contribution in [3.05, 3.63) is 22.9 Å². The highest BCUT2D eigenvalue weighted by Gasteiger charge is 2.15. The average molecular weight is 245 g/mol. The molecule has 0 aliphatic carbocycles. The van der Waals surface area contributed by atoms with Gasteiger partial charge in [0.05, 0.1) is 0 Å². The molecule has 0 radical (unpaired) electrons. The van der Waals surface area contributed by atoms with Crippen LogP contribution in [0.3, 0.4) is 0 Å². The third-order valence-electron chi connectivity index (χ3n) is 3.26. The van der Waals surface area contributed by atoms with Crippen molar-refractivity contribution < 1.29 is 4.74 Å². The first-order valence-corrected chi connectivity index (χ1v) is 6.45. The van der Waals surface area contributed by atoms with Crippen LogP contribution in [0.25, 0.3) is 0 Å². The number of rotatable bonds is 3. The first-order valence-electron chi connectivity index (χ1n) is 6.45. The van der Waals surface area contributed by atoms with Crippen LogP contribution < -0.4 is 10.1 Å². The highest BCUT2D eigenvalue weighted by atomic mass is 16.5. The zero-order valence-electron chi connectivity index (χ0n) is 11.0. The number of hydrogen-bond acceptors (Lipinski definition) is 4. The van der Waals surface area contributed by atoms with Gasteiger partial charge in [0.2, 0.25) is 5.88 Å². The lowest BCUT2D eigenvalue weighted by molar-refractivity contribution is 0.231. The Balaban J connectivity index is 2.06. The highest BCUT2D eigenvalue weighted by Crippen LogP contribution is 2.20. The van der Waals surface area contributed by atoms with Gasteiger partial charge in [0, 0.05) is 11.7 Å². The van der Waals surface area contributed by atoms with Crippen LogP contribution in [0.1, 0.15) is 36.1 Å². The largest absolute Gasteiger partial charge is 0.475 e. The Morgan fingerprint density at radius 3 is 3.00 bits per heavy atom. The molecule has 2 heterocycles. The zero-order chi connectivity index (χ0) is 13.0. The van der Waals surface area contributed by atoms with E-state index in [9.17, 15) is 0 Å². The Morgan fingerprint density at radius 2 is 2.33 bits per heavy atom. The molecule has 1 unspecified atom stereocenters. The van der Waals surface area contributed by atoms with Crippen molar-refractivity contribution >= 4 is 0 Å². The average Bonchev–Trinajstić information content (AvgIpc) is 2.37. The Labute approximate surface area is 108 Å². The summed E-state index contributed by atoms with van der Waals surface area (Å²) in [4.78, 5) is 4.32. The monoisotopic (exact) mass is 245 g/mol. The summed E-state index contributed by atoms with van der Waals surface area (Å²) >= 11 is 0. The molecule has 4 nitrogen and oxygen atoms in total. The number of aromatic nitrogens is 1. The predicted molar refractivity (Wildman–Crippen MR) is 69.6 cm³/mol. The van der Waals surface area contributed by atoms with Crippen LogP contribution in [0.4, 0.5) is 0 Å². The molecular weight excluding hydrogens is 226 g/mol. The lowest BCUT2D eigenvalue weighted by atomic mass is 10.1. The van der Waals surface area contributed by atoms with E-state index in [2.05, 4.69) is 16.4 Å². The number of pyridine rings is 1. The van der Waals surface area contributed by atoms with E-state index < -0.39 is 0 Å². The third kappa shape index (κ3) is 2.99. The van der Waals surface area contributed by atoms with E-state index in [1.165, 1.54) is 12.8 Å². The molecule has 96 valence electrons. The van der Waals surface area contributed by atoms with Crippen molar-refractivity contribution in [3.8, 4) is 11.9 Å². The summed E-state index contributed by atoms with van der Waals surface area (Å²) in [5.41, 5.74) is 2.37. The first-order chi connectivity index (χ1) is 8.70. The van der Waals surface area contributed by atoms with Gasteiger partial charge in [0.15, 0.2) is 0 Å². The maximum Gasteiger partial charge on any atom is 0.232 e. The summed E-state index contributed by atoms with van der Waals surface area (Å²) in [5, 5.41) is 12.6. The van der Waals surface area contributed by atoms with E-state index >= 15 is 0 Å². The minimum atomic E-state index is 0.382. The number of nitriles is 1. The molecule has 1 aliphatic heterocycles. The molecule has 0 spiro atoms. The molecule has 0 saturated carbocycles. The molecule has 0 aromatic carbocycles. The van der Waals surface area contributed by atoms with Gasteiger partial charge in [-0.05, 0) is 44.9 Å².